The SMILES string of the molecule is CCOC(=O)CNC(=O)N(CC)C1CCCCC1. The molecule has 104 valence electrons. The molecule has 0 atom stereocenters. The van der Waals surface area contributed by atoms with E-state index in [1.54, 1.807) is 6.92 Å². The van der Waals surface area contributed by atoms with Crippen LogP contribution in [0.4, 0.5) is 4.79 Å². The van der Waals surface area contributed by atoms with Crippen molar-refractivity contribution in [1.29, 1.82) is 0 Å². The molecule has 0 aromatic rings. The molecular formula is C13H24N2O3. The fraction of sp³-hybridized carbons (Fsp3) is 0.846. The highest BCUT2D eigenvalue weighted by Crippen LogP contribution is 2.22. The lowest BCUT2D eigenvalue weighted by Crippen LogP contribution is -2.48. The molecule has 0 saturated heterocycles. The van der Waals surface area contributed by atoms with Gasteiger partial charge in [0.25, 0.3) is 0 Å². The minimum absolute atomic E-state index is 0.0457. The highest BCUT2D eigenvalue weighted by molar-refractivity contribution is 5.81. The van der Waals surface area contributed by atoms with Crippen LogP contribution in [0, 0.1) is 0 Å². The molecule has 5 nitrogen and oxygen atoms in total. The predicted octanol–water partition coefficient (Wildman–Crippen LogP) is 1.91. The molecule has 0 aliphatic heterocycles. The Morgan fingerprint density at radius 3 is 2.44 bits per heavy atom. The Morgan fingerprint density at radius 1 is 1.22 bits per heavy atom. The van der Waals surface area contributed by atoms with Crippen LogP contribution < -0.4 is 5.32 Å². The summed E-state index contributed by atoms with van der Waals surface area (Å²) in [4.78, 5) is 25.0. The van der Waals surface area contributed by atoms with Gasteiger partial charge in [-0.15, -0.1) is 0 Å². The van der Waals surface area contributed by atoms with E-state index in [1.165, 1.54) is 19.3 Å². The maximum Gasteiger partial charge on any atom is 0.325 e. The van der Waals surface area contributed by atoms with Crippen LogP contribution in [0.3, 0.4) is 0 Å². The fourth-order valence-electron chi connectivity index (χ4n) is 2.42. The largest absolute Gasteiger partial charge is 0.465 e. The molecule has 0 bridgehead atoms. The van der Waals surface area contributed by atoms with Crippen molar-refractivity contribution in [2.45, 2.75) is 52.0 Å². The monoisotopic (exact) mass is 256 g/mol. The second-order valence-electron chi connectivity index (χ2n) is 4.54. The van der Waals surface area contributed by atoms with E-state index in [2.05, 4.69) is 5.32 Å². The molecule has 0 radical (unpaired) electrons. The van der Waals surface area contributed by atoms with Gasteiger partial charge in [0.1, 0.15) is 6.54 Å². The van der Waals surface area contributed by atoms with Gasteiger partial charge in [-0.25, -0.2) is 4.79 Å². The number of carbonyl (C=O) groups is 2. The molecule has 0 aromatic carbocycles. The van der Waals surface area contributed by atoms with Crippen molar-refractivity contribution in [3.63, 3.8) is 0 Å². The van der Waals surface area contributed by atoms with Crippen molar-refractivity contribution in [2.75, 3.05) is 19.7 Å². The van der Waals surface area contributed by atoms with Gasteiger partial charge in [0, 0.05) is 12.6 Å². The maximum atomic E-state index is 12.0. The zero-order chi connectivity index (χ0) is 13.4. The van der Waals surface area contributed by atoms with Crippen LogP contribution in [0.1, 0.15) is 46.0 Å². The van der Waals surface area contributed by atoms with Crippen molar-refractivity contribution in [3.05, 3.63) is 0 Å². The van der Waals surface area contributed by atoms with Crippen molar-refractivity contribution in [2.24, 2.45) is 0 Å². The Morgan fingerprint density at radius 2 is 1.89 bits per heavy atom. The van der Waals surface area contributed by atoms with E-state index in [9.17, 15) is 9.59 Å². The van der Waals surface area contributed by atoms with Gasteiger partial charge in [0.2, 0.25) is 0 Å². The third-order valence-electron chi connectivity index (χ3n) is 3.31. The summed E-state index contributed by atoms with van der Waals surface area (Å²) in [5, 5.41) is 2.63. The summed E-state index contributed by atoms with van der Waals surface area (Å²) >= 11 is 0. The summed E-state index contributed by atoms with van der Waals surface area (Å²) < 4.78 is 4.78. The summed E-state index contributed by atoms with van der Waals surface area (Å²) in [6, 6.07) is 0.170. The Labute approximate surface area is 109 Å². The standard InChI is InChI=1S/C13H24N2O3/c1-3-15(11-8-6-5-7-9-11)13(17)14-10-12(16)18-4-2/h11H,3-10H2,1-2H3,(H,14,17). The molecule has 2 amide bonds. The van der Waals surface area contributed by atoms with Crippen molar-refractivity contribution in [1.82, 2.24) is 10.2 Å². The predicted molar refractivity (Wildman–Crippen MR) is 69.3 cm³/mol. The normalized spacial score (nSPS) is 16.1. The molecule has 1 aliphatic rings. The first-order chi connectivity index (χ1) is 8.69. The number of nitrogens with one attached hydrogen (secondary N) is 1. The topological polar surface area (TPSA) is 58.6 Å². The molecule has 18 heavy (non-hydrogen) atoms. The van der Waals surface area contributed by atoms with Crippen molar-refractivity contribution >= 4 is 12.0 Å². The lowest BCUT2D eigenvalue weighted by molar-refractivity contribution is -0.141. The van der Waals surface area contributed by atoms with Gasteiger partial charge >= 0.3 is 12.0 Å². The van der Waals surface area contributed by atoms with Crippen LogP contribution in [0.15, 0.2) is 0 Å². The molecule has 0 heterocycles. The number of rotatable bonds is 5. The Hall–Kier alpha value is -1.26. The highest BCUT2D eigenvalue weighted by atomic mass is 16.5. The molecule has 0 aromatic heterocycles. The van der Waals surface area contributed by atoms with Crippen LogP contribution in [-0.4, -0.2) is 42.6 Å². The van der Waals surface area contributed by atoms with Crippen molar-refractivity contribution < 1.29 is 14.3 Å². The number of carbonyl (C=O) groups excluding carboxylic acids is 2. The second-order valence-corrected chi connectivity index (χ2v) is 4.54. The van der Waals surface area contributed by atoms with Crippen LogP contribution in [0.25, 0.3) is 0 Å². The summed E-state index contributed by atoms with van der Waals surface area (Å²) in [5.41, 5.74) is 0. The smallest absolute Gasteiger partial charge is 0.325 e. The molecule has 1 N–H and O–H groups in total. The van der Waals surface area contributed by atoms with Crippen LogP contribution in [-0.2, 0) is 9.53 Å². The molecular weight excluding hydrogens is 232 g/mol. The molecule has 1 rings (SSSR count). The number of esters is 1. The van der Waals surface area contributed by atoms with Gasteiger partial charge in [-0.3, -0.25) is 4.79 Å². The van der Waals surface area contributed by atoms with Crippen LogP contribution >= 0.6 is 0 Å². The highest BCUT2D eigenvalue weighted by Gasteiger charge is 2.24. The number of hydrogen-bond acceptors (Lipinski definition) is 3. The molecule has 1 aliphatic carbocycles. The molecule has 1 saturated carbocycles. The lowest BCUT2D eigenvalue weighted by atomic mass is 9.94. The number of ether oxygens (including phenoxy) is 1. The van der Waals surface area contributed by atoms with Crippen molar-refractivity contribution in [3.8, 4) is 0 Å². The van der Waals surface area contributed by atoms with Crippen LogP contribution in [0.5, 0.6) is 0 Å². The van der Waals surface area contributed by atoms with Gasteiger partial charge in [0.05, 0.1) is 6.61 Å². The lowest BCUT2D eigenvalue weighted by Gasteiger charge is -2.33. The second kappa shape index (κ2) is 7.95. The number of urea groups is 1. The number of amides is 2. The number of nitrogens with zero attached hydrogens (tertiary/aromatic N) is 1. The average Bonchev–Trinajstić information content (AvgIpc) is 2.39. The van der Waals surface area contributed by atoms with E-state index in [0.29, 0.717) is 19.2 Å². The van der Waals surface area contributed by atoms with E-state index >= 15 is 0 Å². The summed E-state index contributed by atoms with van der Waals surface area (Å²) in [6.07, 6.45) is 5.78. The van der Waals surface area contributed by atoms with E-state index in [-0.39, 0.29) is 18.5 Å². The molecule has 0 unspecified atom stereocenters. The summed E-state index contributed by atoms with van der Waals surface area (Å²) in [7, 11) is 0. The molecule has 1 fully saturated rings. The van der Waals surface area contributed by atoms with Gasteiger partial charge in [0.15, 0.2) is 0 Å². The molecule has 5 heteroatoms. The first kappa shape index (κ1) is 14.8. The van der Waals surface area contributed by atoms with E-state index < -0.39 is 0 Å². The first-order valence-electron chi connectivity index (χ1n) is 6.89. The van der Waals surface area contributed by atoms with E-state index in [0.717, 1.165) is 12.8 Å². The summed E-state index contributed by atoms with van der Waals surface area (Å²) in [5.74, 6) is -0.384. The van der Waals surface area contributed by atoms with Crippen LogP contribution in [0.2, 0.25) is 0 Å². The zero-order valence-electron chi connectivity index (χ0n) is 11.4. The number of hydrogen-bond donors (Lipinski definition) is 1. The van der Waals surface area contributed by atoms with Gasteiger partial charge in [-0.2, -0.15) is 0 Å². The Kier molecular flexibility index (Phi) is 6.54. The van der Waals surface area contributed by atoms with Gasteiger partial charge in [-0.1, -0.05) is 19.3 Å². The minimum Gasteiger partial charge on any atom is -0.465 e. The van der Waals surface area contributed by atoms with E-state index in [1.807, 2.05) is 11.8 Å². The van der Waals surface area contributed by atoms with Gasteiger partial charge < -0.3 is 15.0 Å². The third-order valence-corrected chi connectivity index (χ3v) is 3.31. The van der Waals surface area contributed by atoms with Gasteiger partial charge in [-0.05, 0) is 26.7 Å². The quantitative estimate of drug-likeness (QED) is 0.764. The molecule has 0 spiro atoms. The van der Waals surface area contributed by atoms with E-state index in [4.69, 9.17) is 4.74 Å². The fourth-order valence-corrected chi connectivity index (χ4v) is 2.42. The first-order valence-corrected chi connectivity index (χ1v) is 6.89. The minimum atomic E-state index is -0.384. The summed E-state index contributed by atoms with van der Waals surface area (Å²) in [6.45, 7) is 4.70. The Bertz CT molecular complexity index is 275. The maximum absolute atomic E-state index is 12.0. The third kappa shape index (κ3) is 4.55. The average molecular weight is 256 g/mol. The Balaban J connectivity index is 2.38. The zero-order valence-corrected chi connectivity index (χ0v) is 11.4.